The van der Waals surface area contributed by atoms with Gasteiger partial charge in [0.05, 0.1) is 11.0 Å². The molecule has 0 saturated heterocycles. The molecule has 2 heteroatoms. The van der Waals surface area contributed by atoms with Gasteiger partial charge in [-0.05, 0) is 79.0 Å². The van der Waals surface area contributed by atoms with Crippen LogP contribution < -0.4 is 0 Å². The molecule has 194 valence electrons. The lowest BCUT2D eigenvalue weighted by atomic mass is 9.82. The molecule has 9 rings (SSSR count). The highest BCUT2D eigenvalue weighted by molar-refractivity contribution is 6.22. The van der Waals surface area contributed by atoms with Crippen molar-refractivity contribution in [3.05, 3.63) is 146 Å². The minimum absolute atomic E-state index is 0.930. The lowest BCUT2D eigenvalue weighted by molar-refractivity contribution is 1.37. The maximum absolute atomic E-state index is 5.03. The molecule has 0 bridgehead atoms. The van der Waals surface area contributed by atoms with Crippen molar-refractivity contribution < 1.29 is 0 Å². The number of aromatic nitrogens is 2. The molecule has 0 spiro atoms. The summed E-state index contributed by atoms with van der Waals surface area (Å²) in [7, 11) is 0. The maximum Gasteiger partial charge on any atom is 0.0964 e. The second kappa shape index (κ2) is 8.95. The molecule has 0 amide bonds. The van der Waals surface area contributed by atoms with Crippen molar-refractivity contribution in [2.75, 3.05) is 0 Å². The Labute approximate surface area is 243 Å². The summed E-state index contributed by atoms with van der Waals surface area (Å²) in [5.41, 5.74) is 14.2. The molecule has 8 aromatic rings. The first kappa shape index (κ1) is 23.1. The molecular weight excluding hydrogens is 508 g/mol. The predicted octanol–water partition coefficient (Wildman–Crippen LogP) is 10.6. The summed E-state index contributed by atoms with van der Waals surface area (Å²) in [6.45, 7) is 0. The number of benzene rings is 6. The first-order valence-corrected chi connectivity index (χ1v) is 14.3. The fourth-order valence-corrected chi connectivity index (χ4v) is 6.85. The standard InChI is InChI=1S/C40H24N2/c1-3-10-25(11-4-1)33-23-34(30-22-29-20-19-28-16-9-21-41-39(28)40(29)42-24-30)36(27-12-5-2-6-13-27)38-32-18-8-15-26-14-7-17-31(35(26)32)37(33)38/h1-24H. The van der Waals surface area contributed by atoms with Gasteiger partial charge in [0.15, 0.2) is 0 Å². The first-order chi connectivity index (χ1) is 20.8. The topological polar surface area (TPSA) is 25.8 Å². The average Bonchev–Trinajstić information content (AvgIpc) is 3.40. The van der Waals surface area contributed by atoms with Gasteiger partial charge in [0.2, 0.25) is 0 Å². The minimum atomic E-state index is 0.930. The van der Waals surface area contributed by atoms with E-state index in [4.69, 9.17) is 4.98 Å². The Morgan fingerprint density at radius 1 is 0.357 bits per heavy atom. The molecule has 0 saturated carbocycles. The van der Waals surface area contributed by atoms with Gasteiger partial charge in [0.25, 0.3) is 0 Å². The highest BCUT2D eigenvalue weighted by Gasteiger charge is 2.30. The van der Waals surface area contributed by atoms with Gasteiger partial charge in [0.1, 0.15) is 0 Å². The van der Waals surface area contributed by atoms with Crippen LogP contribution >= 0.6 is 0 Å². The Balaban J connectivity index is 1.43. The van der Waals surface area contributed by atoms with Gasteiger partial charge in [-0.25, -0.2) is 0 Å². The second-order valence-electron chi connectivity index (χ2n) is 11.0. The lowest BCUT2D eigenvalue weighted by Crippen LogP contribution is -1.95. The van der Waals surface area contributed by atoms with E-state index in [0.29, 0.717) is 0 Å². The van der Waals surface area contributed by atoms with Gasteiger partial charge in [-0.1, -0.05) is 115 Å². The van der Waals surface area contributed by atoms with Gasteiger partial charge in [0, 0.05) is 28.7 Å². The monoisotopic (exact) mass is 532 g/mol. The molecule has 0 fully saturated rings. The fraction of sp³-hybridized carbons (Fsp3) is 0. The molecule has 42 heavy (non-hydrogen) atoms. The first-order valence-electron chi connectivity index (χ1n) is 14.3. The van der Waals surface area contributed by atoms with E-state index in [1.54, 1.807) is 0 Å². The SMILES string of the molecule is c1ccc(-c2cc(-c3cnc4c(ccc5cccnc54)c3)c(-c3ccccc3)c3c2-c2cccc4cccc-3c24)cc1. The zero-order valence-corrected chi connectivity index (χ0v) is 22.8. The smallest absolute Gasteiger partial charge is 0.0964 e. The predicted molar refractivity (Wildman–Crippen MR) is 175 cm³/mol. The third-order valence-corrected chi connectivity index (χ3v) is 8.65. The van der Waals surface area contributed by atoms with Crippen LogP contribution in [-0.4, -0.2) is 9.97 Å². The summed E-state index contributed by atoms with van der Waals surface area (Å²) in [6.07, 6.45) is 3.87. The quantitative estimate of drug-likeness (QED) is 0.212. The minimum Gasteiger partial charge on any atom is -0.254 e. The number of pyridine rings is 2. The summed E-state index contributed by atoms with van der Waals surface area (Å²) in [5.74, 6) is 0. The Kier molecular flexibility index (Phi) is 4.93. The van der Waals surface area contributed by atoms with Crippen LogP contribution in [0.3, 0.4) is 0 Å². The van der Waals surface area contributed by atoms with Crippen LogP contribution in [0.4, 0.5) is 0 Å². The van der Waals surface area contributed by atoms with Gasteiger partial charge >= 0.3 is 0 Å². The zero-order chi connectivity index (χ0) is 27.6. The Bertz CT molecular complexity index is 2330. The van der Waals surface area contributed by atoms with Gasteiger partial charge in [-0.2, -0.15) is 0 Å². The summed E-state index contributed by atoms with van der Waals surface area (Å²) in [6, 6.07) is 48.1. The molecule has 2 aromatic heterocycles. The normalized spacial score (nSPS) is 11.8. The van der Waals surface area contributed by atoms with Crippen LogP contribution in [0, 0.1) is 0 Å². The third kappa shape index (κ3) is 3.33. The number of hydrogen-bond donors (Lipinski definition) is 0. The van der Waals surface area contributed by atoms with Crippen molar-refractivity contribution in [1.82, 2.24) is 9.97 Å². The van der Waals surface area contributed by atoms with Crippen molar-refractivity contribution in [2.24, 2.45) is 0 Å². The highest BCUT2D eigenvalue weighted by Crippen LogP contribution is 2.57. The molecule has 1 aliphatic carbocycles. The van der Waals surface area contributed by atoms with E-state index in [1.165, 1.54) is 60.8 Å². The molecule has 0 N–H and O–H groups in total. The number of fused-ring (bicyclic) bond motifs is 6. The van der Waals surface area contributed by atoms with E-state index in [2.05, 4.69) is 132 Å². The Morgan fingerprint density at radius 3 is 1.79 bits per heavy atom. The molecular formula is C40H24N2. The highest BCUT2D eigenvalue weighted by atomic mass is 14.7. The molecule has 0 unspecified atom stereocenters. The fourth-order valence-electron chi connectivity index (χ4n) is 6.85. The molecule has 6 aromatic carbocycles. The van der Waals surface area contributed by atoms with E-state index in [1.807, 2.05) is 18.5 Å². The molecule has 0 radical (unpaired) electrons. The summed E-state index contributed by atoms with van der Waals surface area (Å²) in [4.78, 5) is 9.69. The van der Waals surface area contributed by atoms with Crippen molar-refractivity contribution in [3.8, 4) is 55.6 Å². The lowest BCUT2D eigenvalue weighted by Gasteiger charge is -2.21. The summed E-state index contributed by atoms with van der Waals surface area (Å²) < 4.78 is 0. The molecule has 2 heterocycles. The number of rotatable bonds is 3. The van der Waals surface area contributed by atoms with Crippen LogP contribution in [0.25, 0.3) is 88.2 Å². The van der Waals surface area contributed by atoms with Crippen molar-refractivity contribution >= 4 is 32.6 Å². The van der Waals surface area contributed by atoms with Crippen LogP contribution in [-0.2, 0) is 0 Å². The van der Waals surface area contributed by atoms with E-state index >= 15 is 0 Å². The van der Waals surface area contributed by atoms with Gasteiger partial charge in [-0.15, -0.1) is 0 Å². The average molecular weight is 533 g/mol. The number of nitrogens with zero attached hydrogens (tertiary/aromatic N) is 2. The largest absolute Gasteiger partial charge is 0.254 e. The van der Waals surface area contributed by atoms with E-state index in [9.17, 15) is 0 Å². The molecule has 1 aliphatic rings. The Morgan fingerprint density at radius 2 is 1.00 bits per heavy atom. The van der Waals surface area contributed by atoms with Crippen molar-refractivity contribution in [3.63, 3.8) is 0 Å². The molecule has 0 aliphatic heterocycles. The molecule has 0 atom stereocenters. The van der Waals surface area contributed by atoms with Crippen molar-refractivity contribution in [1.29, 1.82) is 0 Å². The van der Waals surface area contributed by atoms with Crippen LogP contribution in [0.1, 0.15) is 0 Å². The summed E-state index contributed by atoms with van der Waals surface area (Å²) >= 11 is 0. The van der Waals surface area contributed by atoms with Gasteiger partial charge in [-0.3, -0.25) is 9.97 Å². The zero-order valence-electron chi connectivity index (χ0n) is 22.8. The van der Waals surface area contributed by atoms with E-state index in [0.717, 1.165) is 27.4 Å². The Hall–Kier alpha value is -5.60. The van der Waals surface area contributed by atoms with Crippen LogP contribution in [0.15, 0.2) is 146 Å². The molecule has 2 nitrogen and oxygen atoms in total. The maximum atomic E-state index is 5.03. The summed E-state index contributed by atoms with van der Waals surface area (Å²) in [5, 5.41) is 4.79. The van der Waals surface area contributed by atoms with Crippen LogP contribution in [0.2, 0.25) is 0 Å². The third-order valence-electron chi connectivity index (χ3n) is 8.65. The van der Waals surface area contributed by atoms with Crippen molar-refractivity contribution in [2.45, 2.75) is 0 Å². The number of hydrogen-bond acceptors (Lipinski definition) is 2. The van der Waals surface area contributed by atoms with Crippen LogP contribution in [0.5, 0.6) is 0 Å². The second-order valence-corrected chi connectivity index (χ2v) is 11.0. The van der Waals surface area contributed by atoms with Gasteiger partial charge < -0.3 is 0 Å². The van der Waals surface area contributed by atoms with E-state index in [-0.39, 0.29) is 0 Å². The van der Waals surface area contributed by atoms with E-state index < -0.39 is 0 Å².